The first-order valence-electron chi connectivity index (χ1n) is 5.29. The van der Waals surface area contributed by atoms with Crippen LogP contribution in [0.4, 0.5) is 0 Å². The van der Waals surface area contributed by atoms with Crippen LogP contribution in [-0.4, -0.2) is 31.8 Å². The van der Waals surface area contributed by atoms with Gasteiger partial charge in [0, 0.05) is 19.2 Å². The summed E-state index contributed by atoms with van der Waals surface area (Å²) in [6.07, 6.45) is 2.70. The lowest BCUT2D eigenvalue weighted by atomic mass is 10.1. The van der Waals surface area contributed by atoms with Crippen LogP contribution in [0.2, 0.25) is 0 Å². The summed E-state index contributed by atoms with van der Waals surface area (Å²) in [5.41, 5.74) is 5.70. The minimum atomic E-state index is 0.351. The fraction of sp³-hybridized carbons (Fsp3) is 1.00. The minimum absolute atomic E-state index is 0.351. The summed E-state index contributed by atoms with van der Waals surface area (Å²) in [4.78, 5) is 0. The molecule has 78 valence electrons. The molecule has 0 saturated carbocycles. The molecule has 0 aromatic carbocycles. The van der Waals surface area contributed by atoms with Crippen molar-refractivity contribution in [3.8, 4) is 0 Å². The van der Waals surface area contributed by atoms with Crippen molar-refractivity contribution in [2.24, 2.45) is 11.7 Å². The van der Waals surface area contributed by atoms with Gasteiger partial charge in [0.15, 0.2) is 0 Å². The lowest BCUT2D eigenvalue weighted by Gasteiger charge is -2.23. The predicted molar refractivity (Wildman–Crippen MR) is 54.7 cm³/mol. The summed E-state index contributed by atoms with van der Waals surface area (Å²) in [5, 5.41) is 3.46. The smallest absolute Gasteiger partial charge is 0.0741 e. The molecule has 1 rings (SSSR count). The quantitative estimate of drug-likeness (QED) is 0.665. The molecule has 0 radical (unpaired) electrons. The molecule has 1 aliphatic rings. The van der Waals surface area contributed by atoms with E-state index in [1.807, 2.05) is 0 Å². The number of nitrogens with one attached hydrogen (secondary N) is 1. The number of ether oxygens (including phenoxy) is 1. The normalized spacial score (nSPS) is 25.4. The second kappa shape index (κ2) is 5.58. The number of hydrogen-bond acceptors (Lipinski definition) is 3. The Morgan fingerprint density at radius 3 is 2.77 bits per heavy atom. The number of rotatable bonds is 5. The molecular formula is C10H22N2O. The molecule has 0 aliphatic carbocycles. The van der Waals surface area contributed by atoms with Crippen molar-refractivity contribution in [2.45, 2.75) is 38.8 Å². The van der Waals surface area contributed by atoms with E-state index in [0.717, 1.165) is 19.6 Å². The van der Waals surface area contributed by atoms with E-state index in [-0.39, 0.29) is 0 Å². The number of nitrogens with two attached hydrogens (primary N) is 1. The highest BCUT2D eigenvalue weighted by Gasteiger charge is 2.24. The Balaban J connectivity index is 2.24. The fourth-order valence-corrected chi connectivity index (χ4v) is 1.67. The molecule has 2 atom stereocenters. The van der Waals surface area contributed by atoms with Crippen molar-refractivity contribution in [1.82, 2.24) is 5.32 Å². The molecule has 0 bridgehead atoms. The van der Waals surface area contributed by atoms with Gasteiger partial charge in [-0.25, -0.2) is 0 Å². The largest absolute Gasteiger partial charge is 0.377 e. The Morgan fingerprint density at radius 2 is 2.31 bits per heavy atom. The van der Waals surface area contributed by atoms with Gasteiger partial charge in [0.2, 0.25) is 0 Å². The van der Waals surface area contributed by atoms with Gasteiger partial charge in [-0.05, 0) is 25.3 Å². The van der Waals surface area contributed by atoms with Crippen molar-refractivity contribution < 1.29 is 4.74 Å². The molecule has 2 unspecified atom stereocenters. The van der Waals surface area contributed by atoms with Crippen LogP contribution in [0, 0.1) is 5.92 Å². The first-order valence-corrected chi connectivity index (χ1v) is 5.29. The molecule has 13 heavy (non-hydrogen) atoms. The van der Waals surface area contributed by atoms with Gasteiger partial charge in [0.1, 0.15) is 0 Å². The van der Waals surface area contributed by atoms with Gasteiger partial charge in [-0.2, -0.15) is 0 Å². The molecule has 1 heterocycles. The highest BCUT2D eigenvalue weighted by Crippen LogP contribution is 2.15. The van der Waals surface area contributed by atoms with Crippen molar-refractivity contribution in [2.75, 3.05) is 19.7 Å². The maximum Gasteiger partial charge on any atom is 0.0741 e. The molecule has 3 N–H and O–H groups in total. The third kappa shape index (κ3) is 3.63. The second-order valence-corrected chi connectivity index (χ2v) is 4.20. The Morgan fingerprint density at radius 1 is 1.54 bits per heavy atom. The summed E-state index contributed by atoms with van der Waals surface area (Å²) in [6.45, 7) is 7.02. The monoisotopic (exact) mass is 186 g/mol. The zero-order valence-corrected chi connectivity index (χ0v) is 8.75. The van der Waals surface area contributed by atoms with Crippen LogP contribution in [0.1, 0.15) is 26.7 Å². The molecule has 3 heteroatoms. The van der Waals surface area contributed by atoms with Gasteiger partial charge in [-0.3, -0.25) is 0 Å². The Labute approximate surface area is 81.0 Å². The summed E-state index contributed by atoms with van der Waals surface area (Å²) < 4.78 is 5.60. The van der Waals surface area contributed by atoms with E-state index in [4.69, 9.17) is 10.5 Å². The van der Waals surface area contributed by atoms with Crippen molar-refractivity contribution in [3.05, 3.63) is 0 Å². The highest BCUT2D eigenvalue weighted by atomic mass is 16.5. The molecule has 0 spiro atoms. The fourth-order valence-electron chi connectivity index (χ4n) is 1.67. The zero-order chi connectivity index (χ0) is 9.68. The highest BCUT2D eigenvalue weighted by molar-refractivity contribution is 4.81. The third-order valence-corrected chi connectivity index (χ3v) is 2.46. The maximum absolute atomic E-state index is 5.70. The molecule has 0 aromatic rings. The zero-order valence-electron chi connectivity index (χ0n) is 8.75. The van der Waals surface area contributed by atoms with Gasteiger partial charge in [-0.15, -0.1) is 0 Å². The van der Waals surface area contributed by atoms with E-state index in [1.165, 1.54) is 6.42 Å². The molecule has 1 saturated heterocycles. The van der Waals surface area contributed by atoms with Gasteiger partial charge < -0.3 is 15.8 Å². The predicted octanol–water partition coefficient (Wildman–Crippen LogP) is 0.738. The minimum Gasteiger partial charge on any atom is -0.377 e. The van der Waals surface area contributed by atoms with E-state index in [0.29, 0.717) is 24.6 Å². The first kappa shape index (κ1) is 11.0. The lowest BCUT2D eigenvalue weighted by Crippen LogP contribution is -2.46. The van der Waals surface area contributed by atoms with Gasteiger partial charge >= 0.3 is 0 Å². The van der Waals surface area contributed by atoms with Crippen LogP contribution in [-0.2, 0) is 4.74 Å². The third-order valence-electron chi connectivity index (χ3n) is 2.46. The summed E-state index contributed by atoms with van der Waals surface area (Å²) in [7, 11) is 0. The Bertz CT molecular complexity index is 133. The summed E-state index contributed by atoms with van der Waals surface area (Å²) >= 11 is 0. The molecule has 1 aliphatic heterocycles. The molecule has 1 fully saturated rings. The molecule has 0 amide bonds. The van der Waals surface area contributed by atoms with E-state index in [9.17, 15) is 0 Å². The van der Waals surface area contributed by atoms with E-state index < -0.39 is 0 Å². The van der Waals surface area contributed by atoms with E-state index in [2.05, 4.69) is 19.2 Å². The van der Waals surface area contributed by atoms with Crippen LogP contribution in [0.3, 0.4) is 0 Å². The average Bonchev–Trinajstić information content (AvgIpc) is 2.58. The standard InChI is InChI=1S/C10H22N2O/c1-8(2)7-12-9(6-11)10-4-3-5-13-10/h8-10,12H,3-7,11H2,1-2H3. The SMILES string of the molecule is CC(C)CNC(CN)C1CCCO1. The van der Waals surface area contributed by atoms with Gasteiger partial charge in [0.25, 0.3) is 0 Å². The molecule has 0 aromatic heterocycles. The van der Waals surface area contributed by atoms with E-state index >= 15 is 0 Å². The summed E-state index contributed by atoms with van der Waals surface area (Å²) in [5.74, 6) is 0.676. The van der Waals surface area contributed by atoms with E-state index in [1.54, 1.807) is 0 Å². The first-order chi connectivity index (χ1) is 6.24. The average molecular weight is 186 g/mol. The topological polar surface area (TPSA) is 47.3 Å². The van der Waals surface area contributed by atoms with Crippen molar-refractivity contribution >= 4 is 0 Å². The molecule has 3 nitrogen and oxygen atoms in total. The Kier molecular flexibility index (Phi) is 4.70. The molecular weight excluding hydrogens is 164 g/mol. The van der Waals surface area contributed by atoms with Crippen LogP contribution in [0.25, 0.3) is 0 Å². The maximum atomic E-state index is 5.70. The number of hydrogen-bond donors (Lipinski definition) is 2. The van der Waals surface area contributed by atoms with Gasteiger partial charge in [-0.1, -0.05) is 13.8 Å². The van der Waals surface area contributed by atoms with Crippen molar-refractivity contribution in [3.63, 3.8) is 0 Å². The van der Waals surface area contributed by atoms with Crippen molar-refractivity contribution in [1.29, 1.82) is 0 Å². The lowest BCUT2D eigenvalue weighted by molar-refractivity contribution is 0.0798. The summed E-state index contributed by atoms with van der Waals surface area (Å²) in [6, 6.07) is 0.352. The van der Waals surface area contributed by atoms with Gasteiger partial charge in [0.05, 0.1) is 6.10 Å². The second-order valence-electron chi connectivity index (χ2n) is 4.20. The van der Waals surface area contributed by atoms with Crippen LogP contribution >= 0.6 is 0 Å². The Hall–Kier alpha value is -0.120. The van der Waals surface area contributed by atoms with Crippen LogP contribution in [0.5, 0.6) is 0 Å². The van der Waals surface area contributed by atoms with Crippen LogP contribution in [0.15, 0.2) is 0 Å². The van der Waals surface area contributed by atoms with Crippen LogP contribution < -0.4 is 11.1 Å².